The van der Waals surface area contributed by atoms with Crippen molar-refractivity contribution >= 4 is 0 Å². The van der Waals surface area contributed by atoms with E-state index in [0.717, 1.165) is 24.3 Å². The van der Waals surface area contributed by atoms with Crippen LogP contribution in [0, 0.1) is 23.2 Å². The maximum atomic E-state index is 6.10. The van der Waals surface area contributed by atoms with Crippen molar-refractivity contribution in [3.8, 4) is 0 Å². The quantitative estimate of drug-likeness (QED) is 0.720. The number of rotatable bonds is 6. The molecule has 1 aliphatic carbocycles. The highest BCUT2D eigenvalue weighted by Crippen LogP contribution is 2.45. The second-order valence-corrected chi connectivity index (χ2v) is 6.88. The summed E-state index contributed by atoms with van der Waals surface area (Å²) in [7, 11) is 0. The van der Waals surface area contributed by atoms with E-state index in [0.29, 0.717) is 5.41 Å². The highest BCUT2D eigenvalue weighted by atomic mass is 14.6. The first-order valence-electron chi connectivity index (χ1n) is 7.73. The average molecular weight is 239 g/mol. The highest BCUT2D eigenvalue weighted by molar-refractivity contribution is 4.88. The molecule has 0 radical (unpaired) electrons. The minimum absolute atomic E-state index is 0.486. The molecule has 0 aliphatic heterocycles. The lowest BCUT2D eigenvalue weighted by Crippen LogP contribution is -2.37. The van der Waals surface area contributed by atoms with Gasteiger partial charge in [0.1, 0.15) is 0 Å². The van der Waals surface area contributed by atoms with Gasteiger partial charge < -0.3 is 5.73 Å². The predicted octanol–water partition coefficient (Wildman–Crippen LogP) is 4.60. The van der Waals surface area contributed by atoms with Gasteiger partial charge in [0.05, 0.1) is 0 Å². The minimum atomic E-state index is 0.486. The molecular formula is C16H33N. The Kier molecular flexibility index (Phi) is 5.99. The van der Waals surface area contributed by atoms with Gasteiger partial charge in [0.15, 0.2) is 0 Å². The van der Waals surface area contributed by atoms with E-state index in [9.17, 15) is 0 Å². The molecule has 2 N–H and O–H groups in total. The number of hydrogen-bond acceptors (Lipinski definition) is 1. The van der Waals surface area contributed by atoms with Gasteiger partial charge in [-0.25, -0.2) is 0 Å². The molecule has 0 aromatic rings. The third kappa shape index (κ3) is 4.28. The van der Waals surface area contributed by atoms with Crippen LogP contribution >= 0.6 is 0 Å². The zero-order valence-corrected chi connectivity index (χ0v) is 12.5. The van der Waals surface area contributed by atoms with Crippen LogP contribution in [-0.2, 0) is 0 Å². The summed E-state index contributed by atoms with van der Waals surface area (Å²) in [5.74, 6) is 2.68. The van der Waals surface area contributed by atoms with Gasteiger partial charge in [-0.3, -0.25) is 0 Å². The molecule has 0 heterocycles. The standard InChI is InChI=1S/C16H33N/c1-5-6-14(4)11-16(12-17)9-7-15(8-10-16)13(2)3/h13-15H,5-12,17H2,1-4H3. The van der Waals surface area contributed by atoms with Crippen molar-refractivity contribution in [1.82, 2.24) is 0 Å². The van der Waals surface area contributed by atoms with E-state index in [1.54, 1.807) is 0 Å². The van der Waals surface area contributed by atoms with Crippen molar-refractivity contribution < 1.29 is 0 Å². The Hall–Kier alpha value is -0.0400. The van der Waals surface area contributed by atoms with Crippen LogP contribution in [0.4, 0.5) is 0 Å². The van der Waals surface area contributed by atoms with Crippen molar-refractivity contribution in [2.45, 2.75) is 72.6 Å². The fraction of sp³-hybridized carbons (Fsp3) is 1.00. The van der Waals surface area contributed by atoms with Gasteiger partial charge >= 0.3 is 0 Å². The lowest BCUT2D eigenvalue weighted by Gasteiger charge is -2.42. The van der Waals surface area contributed by atoms with Crippen LogP contribution in [-0.4, -0.2) is 6.54 Å². The molecule has 0 spiro atoms. The summed E-state index contributed by atoms with van der Waals surface area (Å²) in [6.45, 7) is 10.4. The Morgan fingerprint density at radius 3 is 2.18 bits per heavy atom. The molecule has 1 heteroatoms. The van der Waals surface area contributed by atoms with Crippen LogP contribution in [0.3, 0.4) is 0 Å². The smallest absolute Gasteiger partial charge is 0.00204 e. The van der Waals surface area contributed by atoms with Crippen LogP contribution in [0.5, 0.6) is 0 Å². The highest BCUT2D eigenvalue weighted by Gasteiger charge is 2.35. The summed E-state index contributed by atoms with van der Waals surface area (Å²) in [6.07, 6.45) is 9.62. The zero-order chi connectivity index (χ0) is 12.9. The summed E-state index contributed by atoms with van der Waals surface area (Å²) in [4.78, 5) is 0. The van der Waals surface area contributed by atoms with Crippen molar-refractivity contribution in [2.75, 3.05) is 6.54 Å². The molecule has 0 bridgehead atoms. The monoisotopic (exact) mass is 239 g/mol. The summed E-state index contributed by atoms with van der Waals surface area (Å²) in [5.41, 5.74) is 6.59. The van der Waals surface area contributed by atoms with Gasteiger partial charge in [-0.1, -0.05) is 40.5 Å². The predicted molar refractivity (Wildman–Crippen MR) is 77.0 cm³/mol. The molecule has 17 heavy (non-hydrogen) atoms. The first-order valence-corrected chi connectivity index (χ1v) is 7.73. The Balaban J connectivity index is 2.49. The summed E-state index contributed by atoms with van der Waals surface area (Å²) in [6, 6.07) is 0. The van der Waals surface area contributed by atoms with E-state index < -0.39 is 0 Å². The molecule has 0 aromatic carbocycles. The fourth-order valence-corrected chi connectivity index (χ4v) is 3.74. The second kappa shape index (κ2) is 6.78. The van der Waals surface area contributed by atoms with Crippen LogP contribution in [0.1, 0.15) is 72.6 Å². The average Bonchev–Trinajstić information content (AvgIpc) is 2.30. The van der Waals surface area contributed by atoms with E-state index in [1.165, 1.54) is 44.9 Å². The summed E-state index contributed by atoms with van der Waals surface area (Å²) in [5, 5.41) is 0. The molecule has 0 amide bonds. The van der Waals surface area contributed by atoms with E-state index in [1.807, 2.05) is 0 Å². The van der Waals surface area contributed by atoms with Crippen LogP contribution in [0.2, 0.25) is 0 Å². The molecule has 1 unspecified atom stereocenters. The van der Waals surface area contributed by atoms with Gasteiger partial charge in [0, 0.05) is 0 Å². The first-order chi connectivity index (χ1) is 8.03. The van der Waals surface area contributed by atoms with Crippen molar-refractivity contribution in [1.29, 1.82) is 0 Å². The van der Waals surface area contributed by atoms with E-state index >= 15 is 0 Å². The lowest BCUT2D eigenvalue weighted by molar-refractivity contribution is 0.104. The van der Waals surface area contributed by atoms with Crippen molar-refractivity contribution in [2.24, 2.45) is 28.9 Å². The largest absolute Gasteiger partial charge is 0.330 e. The molecule has 0 saturated heterocycles. The molecule has 1 atom stereocenters. The second-order valence-electron chi connectivity index (χ2n) is 6.88. The maximum absolute atomic E-state index is 6.10. The normalized spacial score (nSPS) is 31.8. The molecule has 1 fully saturated rings. The van der Waals surface area contributed by atoms with E-state index in [-0.39, 0.29) is 0 Å². The molecule has 1 rings (SSSR count). The molecule has 1 aliphatic rings. The SMILES string of the molecule is CCCC(C)CC1(CN)CCC(C(C)C)CC1. The van der Waals surface area contributed by atoms with Crippen LogP contribution in [0.25, 0.3) is 0 Å². The minimum Gasteiger partial charge on any atom is -0.330 e. The van der Waals surface area contributed by atoms with Crippen molar-refractivity contribution in [3.63, 3.8) is 0 Å². The lowest BCUT2D eigenvalue weighted by atomic mass is 9.64. The maximum Gasteiger partial charge on any atom is -0.00204 e. The Morgan fingerprint density at radius 1 is 1.18 bits per heavy atom. The summed E-state index contributed by atoms with van der Waals surface area (Å²) < 4.78 is 0. The molecule has 1 saturated carbocycles. The van der Waals surface area contributed by atoms with Crippen LogP contribution < -0.4 is 5.73 Å². The van der Waals surface area contributed by atoms with Crippen LogP contribution in [0.15, 0.2) is 0 Å². The number of nitrogens with two attached hydrogens (primary N) is 1. The van der Waals surface area contributed by atoms with Gasteiger partial charge in [-0.15, -0.1) is 0 Å². The Bertz CT molecular complexity index is 202. The number of hydrogen-bond donors (Lipinski definition) is 1. The van der Waals surface area contributed by atoms with Gasteiger partial charge in [0.2, 0.25) is 0 Å². The third-order valence-corrected chi connectivity index (χ3v) is 5.03. The summed E-state index contributed by atoms with van der Waals surface area (Å²) >= 11 is 0. The Morgan fingerprint density at radius 2 is 1.76 bits per heavy atom. The molecule has 1 nitrogen and oxygen atoms in total. The fourth-order valence-electron chi connectivity index (χ4n) is 3.74. The molecular weight excluding hydrogens is 206 g/mol. The van der Waals surface area contributed by atoms with Gasteiger partial charge in [-0.05, 0) is 61.8 Å². The van der Waals surface area contributed by atoms with Crippen molar-refractivity contribution in [3.05, 3.63) is 0 Å². The van der Waals surface area contributed by atoms with E-state index in [2.05, 4.69) is 27.7 Å². The topological polar surface area (TPSA) is 26.0 Å². The third-order valence-electron chi connectivity index (χ3n) is 5.03. The first kappa shape index (κ1) is 15.0. The van der Waals surface area contributed by atoms with Gasteiger partial charge in [0.25, 0.3) is 0 Å². The molecule has 0 aromatic heterocycles. The molecule has 102 valence electrons. The zero-order valence-electron chi connectivity index (χ0n) is 12.5. The van der Waals surface area contributed by atoms with Gasteiger partial charge in [-0.2, -0.15) is 0 Å². The van der Waals surface area contributed by atoms with E-state index in [4.69, 9.17) is 5.73 Å². The Labute approximate surface area is 109 Å².